The van der Waals surface area contributed by atoms with Gasteiger partial charge in [0.15, 0.2) is 6.29 Å². The molecule has 0 fully saturated rings. The minimum atomic E-state index is -2.11. The second kappa shape index (κ2) is 5.36. The average molecular weight is 206 g/mol. The molecule has 0 radical (unpaired) electrons. The summed E-state index contributed by atoms with van der Waals surface area (Å²) in [6.45, 7) is 9.40. The lowest BCUT2D eigenvalue weighted by atomic mass is 10.7. The highest BCUT2D eigenvalue weighted by Gasteiger charge is 2.27. The van der Waals surface area contributed by atoms with E-state index < -0.39 is 14.9 Å². The molecule has 0 aromatic carbocycles. The largest absolute Gasteiger partial charge is 0.437 e. The van der Waals surface area contributed by atoms with Crippen LogP contribution >= 0.6 is 0 Å². The number of rotatable bonds is 5. The molecular formula is C8H18O4Si. The standard InChI is InChI=1S/C8H18O4Si/c1-6-10-13(4,5)12-8(3)11-7(2)9/h8H,6H2,1-5H3. The smallest absolute Gasteiger partial charge is 0.334 e. The summed E-state index contributed by atoms with van der Waals surface area (Å²) in [5.74, 6) is -0.339. The zero-order valence-electron chi connectivity index (χ0n) is 8.92. The topological polar surface area (TPSA) is 44.8 Å². The summed E-state index contributed by atoms with van der Waals surface area (Å²) in [6, 6.07) is 0. The van der Waals surface area contributed by atoms with Crippen molar-refractivity contribution in [2.24, 2.45) is 0 Å². The van der Waals surface area contributed by atoms with Gasteiger partial charge < -0.3 is 13.6 Å². The summed E-state index contributed by atoms with van der Waals surface area (Å²) >= 11 is 0. The molecule has 0 aliphatic rings. The van der Waals surface area contributed by atoms with Gasteiger partial charge in [0.2, 0.25) is 0 Å². The molecule has 0 heterocycles. The van der Waals surface area contributed by atoms with Crippen molar-refractivity contribution in [3.8, 4) is 0 Å². The maximum Gasteiger partial charge on any atom is 0.334 e. The van der Waals surface area contributed by atoms with Crippen molar-refractivity contribution in [3.63, 3.8) is 0 Å². The molecule has 0 aromatic heterocycles. The summed E-state index contributed by atoms with van der Waals surface area (Å²) in [6.07, 6.45) is -0.522. The van der Waals surface area contributed by atoms with Gasteiger partial charge in [0.05, 0.1) is 0 Å². The summed E-state index contributed by atoms with van der Waals surface area (Å²) < 4.78 is 15.7. The van der Waals surface area contributed by atoms with Gasteiger partial charge in [-0.05, 0) is 26.9 Å². The Balaban J connectivity index is 3.88. The first-order valence-electron chi connectivity index (χ1n) is 4.36. The maximum atomic E-state index is 10.6. The Morgan fingerprint density at radius 1 is 1.46 bits per heavy atom. The van der Waals surface area contributed by atoms with Gasteiger partial charge in [0.1, 0.15) is 0 Å². The number of ether oxygens (including phenoxy) is 1. The number of esters is 1. The van der Waals surface area contributed by atoms with Crippen molar-refractivity contribution < 1.29 is 18.4 Å². The van der Waals surface area contributed by atoms with E-state index in [0.717, 1.165) is 0 Å². The molecule has 0 bridgehead atoms. The summed E-state index contributed by atoms with van der Waals surface area (Å²) in [5.41, 5.74) is 0. The molecule has 0 amide bonds. The normalized spacial score (nSPS) is 13.9. The predicted octanol–water partition coefficient (Wildman–Crippen LogP) is 1.65. The number of hydrogen-bond donors (Lipinski definition) is 0. The van der Waals surface area contributed by atoms with Crippen molar-refractivity contribution >= 4 is 14.5 Å². The highest BCUT2D eigenvalue weighted by Crippen LogP contribution is 2.10. The van der Waals surface area contributed by atoms with Crippen LogP contribution in [0.15, 0.2) is 0 Å². The van der Waals surface area contributed by atoms with Crippen LogP contribution in [0.25, 0.3) is 0 Å². The fourth-order valence-corrected chi connectivity index (χ4v) is 2.65. The Kier molecular flexibility index (Phi) is 5.20. The van der Waals surface area contributed by atoms with Crippen LogP contribution in [0.1, 0.15) is 20.8 Å². The first-order chi connectivity index (χ1) is 5.87. The Morgan fingerprint density at radius 3 is 2.38 bits per heavy atom. The molecule has 0 N–H and O–H groups in total. The highest BCUT2D eigenvalue weighted by molar-refractivity contribution is 6.64. The molecule has 1 atom stereocenters. The quantitative estimate of drug-likeness (QED) is 0.390. The predicted molar refractivity (Wildman–Crippen MR) is 51.4 cm³/mol. The van der Waals surface area contributed by atoms with E-state index in [4.69, 9.17) is 13.6 Å². The average Bonchev–Trinajstić information content (AvgIpc) is 1.81. The highest BCUT2D eigenvalue weighted by atomic mass is 28.4. The van der Waals surface area contributed by atoms with E-state index in [2.05, 4.69) is 0 Å². The van der Waals surface area contributed by atoms with Crippen molar-refractivity contribution in [3.05, 3.63) is 0 Å². The third-order valence-electron chi connectivity index (χ3n) is 1.27. The summed E-state index contributed by atoms with van der Waals surface area (Å²) in [5, 5.41) is 0. The van der Waals surface area contributed by atoms with Crippen LogP contribution in [0.5, 0.6) is 0 Å². The molecular weight excluding hydrogens is 188 g/mol. The molecule has 0 saturated carbocycles. The van der Waals surface area contributed by atoms with E-state index in [-0.39, 0.29) is 5.97 Å². The zero-order valence-corrected chi connectivity index (χ0v) is 9.92. The second-order valence-electron chi connectivity index (χ2n) is 3.13. The molecule has 0 saturated heterocycles. The first-order valence-corrected chi connectivity index (χ1v) is 7.18. The molecule has 4 nitrogen and oxygen atoms in total. The van der Waals surface area contributed by atoms with Crippen molar-refractivity contribution in [1.82, 2.24) is 0 Å². The summed E-state index contributed by atoms with van der Waals surface area (Å²) in [4.78, 5) is 10.6. The Hall–Kier alpha value is -0.393. The number of hydrogen-bond acceptors (Lipinski definition) is 4. The third-order valence-corrected chi connectivity index (χ3v) is 3.16. The van der Waals surface area contributed by atoms with Crippen LogP contribution in [-0.2, 0) is 18.4 Å². The van der Waals surface area contributed by atoms with Gasteiger partial charge in [-0.15, -0.1) is 0 Å². The lowest BCUT2D eigenvalue weighted by Gasteiger charge is -2.25. The first kappa shape index (κ1) is 12.6. The monoisotopic (exact) mass is 206 g/mol. The van der Waals surface area contributed by atoms with Crippen LogP contribution in [0.3, 0.4) is 0 Å². The lowest BCUT2D eigenvalue weighted by Crippen LogP contribution is -2.39. The fourth-order valence-electron chi connectivity index (χ4n) is 1.04. The van der Waals surface area contributed by atoms with Gasteiger partial charge in [-0.1, -0.05) is 0 Å². The lowest BCUT2D eigenvalue weighted by molar-refractivity contribution is -0.161. The fraction of sp³-hybridized carbons (Fsp3) is 0.875. The van der Waals surface area contributed by atoms with Crippen molar-refractivity contribution in [2.45, 2.75) is 40.2 Å². The van der Waals surface area contributed by atoms with Gasteiger partial charge in [-0.3, -0.25) is 4.79 Å². The molecule has 1 unspecified atom stereocenters. The molecule has 0 aliphatic heterocycles. The van der Waals surface area contributed by atoms with Crippen LogP contribution < -0.4 is 0 Å². The van der Waals surface area contributed by atoms with E-state index >= 15 is 0 Å². The van der Waals surface area contributed by atoms with Gasteiger partial charge >= 0.3 is 14.5 Å². The second-order valence-corrected chi connectivity index (χ2v) is 6.45. The van der Waals surface area contributed by atoms with Crippen LogP contribution in [0.4, 0.5) is 0 Å². The van der Waals surface area contributed by atoms with Crippen LogP contribution in [0.2, 0.25) is 13.1 Å². The van der Waals surface area contributed by atoms with Crippen molar-refractivity contribution in [2.75, 3.05) is 6.61 Å². The maximum absolute atomic E-state index is 10.6. The van der Waals surface area contributed by atoms with E-state index in [1.54, 1.807) is 6.92 Å². The van der Waals surface area contributed by atoms with E-state index in [1.165, 1.54) is 6.92 Å². The molecule has 78 valence electrons. The van der Waals surface area contributed by atoms with Gasteiger partial charge in [-0.2, -0.15) is 0 Å². The van der Waals surface area contributed by atoms with Crippen LogP contribution in [-0.4, -0.2) is 27.4 Å². The van der Waals surface area contributed by atoms with Crippen LogP contribution in [0, 0.1) is 0 Å². The zero-order chi connectivity index (χ0) is 10.5. The Labute approximate surface area is 80.4 Å². The van der Waals surface area contributed by atoms with E-state index in [9.17, 15) is 4.79 Å². The van der Waals surface area contributed by atoms with Gasteiger partial charge in [-0.25, -0.2) is 0 Å². The molecule has 0 aromatic rings. The molecule has 0 aliphatic carbocycles. The number of carbonyl (C=O) groups is 1. The van der Waals surface area contributed by atoms with Crippen molar-refractivity contribution in [1.29, 1.82) is 0 Å². The van der Waals surface area contributed by atoms with E-state index in [1.807, 2.05) is 20.0 Å². The Bertz CT molecular complexity index is 170. The summed E-state index contributed by atoms with van der Waals surface area (Å²) in [7, 11) is -2.11. The molecule has 13 heavy (non-hydrogen) atoms. The third kappa shape index (κ3) is 6.74. The molecule has 0 spiro atoms. The Morgan fingerprint density at radius 2 is 2.00 bits per heavy atom. The SMILES string of the molecule is CCO[Si](C)(C)OC(C)OC(C)=O. The molecule has 0 rings (SSSR count). The number of carbonyl (C=O) groups excluding carboxylic acids is 1. The minimum Gasteiger partial charge on any atom is -0.437 e. The minimum absolute atomic E-state index is 0.339. The van der Waals surface area contributed by atoms with Gasteiger partial charge in [0.25, 0.3) is 0 Å². The van der Waals surface area contributed by atoms with Gasteiger partial charge in [0, 0.05) is 13.5 Å². The molecule has 5 heteroatoms. The van der Waals surface area contributed by atoms with E-state index in [0.29, 0.717) is 6.61 Å².